The number of nitrogens with two attached hydrogens (primary N) is 1. The summed E-state index contributed by atoms with van der Waals surface area (Å²) >= 11 is 0. The van der Waals surface area contributed by atoms with E-state index in [9.17, 15) is 14.9 Å². The van der Waals surface area contributed by atoms with Crippen LogP contribution < -0.4 is 11.3 Å². The van der Waals surface area contributed by atoms with Crippen LogP contribution in [-0.2, 0) is 0 Å². The Morgan fingerprint density at radius 2 is 2.26 bits per heavy atom. The highest BCUT2D eigenvalue weighted by molar-refractivity contribution is 5.99. The van der Waals surface area contributed by atoms with Crippen LogP contribution in [0.2, 0.25) is 0 Å². The molecule has 0 fully saturated rings. The van der Waals surface area contributed by atoms with Crippen molar-refractivity contribution in [1.82, 2.24) is 4.90 Å². The molecule has 1 aromatic carbocycles. The van der Waals surface area contributed by atoms with Crippen molar-refractivity contribution in [3.63, 3.8) is 0 Å². The number of carbonyl (C=O) groups excluding carboxylic acids is 1. The van der Waals surface area contributed by atoms with Gasteiger partial charge in [-0.15, -0.1) is 0 Å². The molecule has 1 aromatic rings. The number of rotatable bonds is 6. The fourth-order valence-electron chi connectivity index (χ4n) is 1.65. The minimum absolute atomic E-state index is 0.0595. The normalized spacial score (nSPS) is 10.1. The molecule has 104 valence electrons. The lowest BCUT2D eigenvalue weighted by Gasteiger charge is -2.19. The highest BCUT2D eigenvalue weighted by Crippen LogP contribution is 2.23. The number of aliphatic hydroxyl groups is 1. The van der Waals surface area contributed by atoms with Crippen molar-refractivity contribution in [2.24, 2.45) is 5.84 Å². The number of hydrogen-bond acceptors (Lipinski definition) is 6. The maximum absolute atomic E-state index is 12.2. The van der Waals surface area contributed by atoms with Gasteiger partial charge in [0.05, 0.1) is 11.5 Å². The number of benzene rings is 1. The van der Waals surface area contributed by atoms with E-state index in [2.05, 4.69) is 5.43 Å². The summed E-state index contributed by atoms with van der Waals surface area (Å²) in [5.74, 6) is 4.71. The first-order valence-electron chi connectivity index (χ1n) is 5.70. The van der Waals surface area contributed by atoms with Crippen LogP contribution in [0.5, 0.6) is 0 Å². The number of anilines is 1. The van der Waals surface area contributed by atoms with E-state index < -0.39 is 10.8 Å². The molecule has 0 spiro atoms. The Balaban J connectivity index is 3.21. The molecular formula is C11H16N4O4. The summed E-state index contributed by atoms with van der Waals surface area (Å²) in [6.45, 7) is 1.98. The van der Waals surface area contributed by atoms with Gasteiger partial charge in [-0.3, -0.25) is 20.8 Å². The van der Waals surface area contributed by atoms with Gasteiger partial charge >= 0.3 is 0 Å². The van der Waals surface area contributed by atoms with Crippen LogP contribution in [-0.4, -0.2) is 40.5 Å². The molecule has 4 N–H and O–H groups in total. The highest BCUT2D eigenvalue weighted by Gasteiger charge is 2.24. The van der Waals surface area contributed by atoms with E-state index in [0.29, 0.717) is 12.2 Å². The smallest absolute Gasteiger partial charge is 0.282 e. The van der Waals surface area contributed by atoms with Crippen LogP contribution in [0.15, 0.2) is 18.2 Å². The quantitative estimate of drug-likeness (QED) is 0.388. The van der Waals surface area contributed by atoms with Crippen molar-refractivity contribution in [1.29, 1.82) is 0 Å². The Kier molecular flexibility index (Phi) is 5.22. The van der Waals surface area contributed by atoms with E-state index in [1.54, 1.807) is 6.92 Å². The average molecular weight is 268 g/mol. The van der Waals surface area contributed by atoms with Gasteiger partial charge in [0.25, 0.3) is 11.6 Å². The van der Waals surface area contributed by atoms with Gasteiger partial charge in [-0.2, -0.15) is 0 Å². The Morgan fingerprint density at radius 3 is 2.74 bits per heavy atom. The summed E-state index contributed by atoms with van der Waals surface area (Å²) in [4.78, 5) is 23.8. The minimum atomic E-state index is -0.625. The molecule has 0 aliphatic heterocycles. The average Bonchev–Trinajstić information content (AvgIpc) is 2.43. The number of nitrogens with zero attached hydrogens (tertiary/aromatic N) is 2. The van der Waals surface area contributed by atoms with Crippen molar-refractivity contribution in [2.45, 2.75) is 6.92 Å². The second-order valence-corrected chi connectivity index (χ2v) is 3.74. The molecule has 0 aliphatic carbocycles. The number of hydrogen-bond donors (Lipinski definition) is 3. The molecule has 0 atom stereocenters. The molecule has 19 heavy (non-hydrogen) atoms. The summed E-state index contributed by atoms with van der Waals surface area (Å²) < 4.78 is 0. The maximum atomic E-state index is 12.2. The summed E-state index contributed by atoms with van der Waals surface area (Å²) in [5.41, 5.74) is 2.38. The SMILES string of the molecule is CCN(CCO)C(=O)c1cc(NN)ccc1[N+](=O)[O-]. The molecule has 0 heterocycles. The molecule has 8 heteroatoms. The van der Waals surface area contributed by atoms with Crippen molar-refractivity contribution in [3.8, 4) is 0 Å². The first kappa shape index (κ1) is 14.9. The third-order valence-corrected chi connectivity index (χ3v) is 2.63. The second-order valence-electron chi connectivity index (χ2n) is 3.74. The first-order chi connectivity index (χ1) is 9.04. The third kappa shape index (κ3) is 3.39. The Bertz CT molecular complexity index is 478. The predicted molar refractivity (Wildman–Crippen MR) is 69.6 cm³/mol. The summed E-state index contributed by atoms with van der Waals surface area (Å²) in [6.07, 6.45) is 0. The minimum Gasteiger partial charge on any atom is -0.395 e. The molecule has 0 bridgehead atoms. The van der Waals surface area contributed by atoms with Crippen molar-refractivity contribution in [2.75, 3.05) is 25.1 Å². The lowest BCUT2D eigenvalue weighted by molar-refractivity contribution is -0.385. The molecule has 8 nitrogen and oxygen atoms in total. The molecule has 1 rings (SSSR count). The van der Waals surface area contributed by atoms with Crippen molar-refractivity contribution >= 4 is 17.3 Å². The summed E-state index contributed by atoms with van der Waals surface area (Å²) in [6, 6.07) is 3.95. The van der Waals surface area contributed by atoms with Gasteiger partial charge < -0.3 is 15.4 Å². The molecule has 0 aromatic heterocycles. The van der Waals surface area contributed by atoms with Crippen molar-refractivity contribution < 1.29 is 14.8 Å². The molecule has 0 radical (unpaired) electrons. The number of likely N-dealkylation sites (N-methyl/N-ethyl adjacent to an activating group) is 1. The van der Waals surface area contributed by atoms with Crippen LogP contribution >= 0.6 is 0 Å². The molecular weight excluding hydrogens is 252 g/mol. The maximum Gasteiger partial charge on any atom is 0.282 e. The second kappa shape index (κ2) is 6.66. The molecule has 0 saturated carbocycles. The van der Waals surface area contributed by atoms with Gasteiger partial charge in [-0.05, 0) is 19.1 Å². The number of nitrogens with one attached hydrogen (secondary N) is 1. The largest absolute Gasteiger partial charge is 0.395 e. The van der Waals surface area contributed by atoms with Gasteiger partial charge in [0, 0.05) is 24.8 Å². The number of nitro groups is 1. The number of hydrazine groups is 1. The van der Waals surface area contributed by atoms with Gasteiger partial charge in [0.2, 0.25) is 0 Å². The Hall–Kier alpha value is -2.19. The summed E-state index contributed by atoms with van der Waals surface area (Å²) in [7, 11) is 0. The van der Waals surface area contributed by atoms with Gasteiger partial charge in [0.1, 0.15) is 5.56 Å². The fraction of sp³-hybridized carbons (Fsp3) is 0.364. The Labute approximate surface area is 109 Å². The highest BCUT2D eigenvalue weighted by atomic mass is 16.6. The zero-order valence-corrected chi connectivity index (χ0v) is 10.5. The Morgan fingerprint density at radius 1 is 1.58 bits per heavy atom. The molecule has 1 amide bonds. The molecule has 0 aliphatic rings. The van der Waals surface area contributed by atoms with Gasteiger partial charge in [-0.1, -0.05) is 0 Å². The van der Waals surface area contributed by atoms with E-state index in [1.807, 2.05) is 0 Å². The van der Waals surface area contributed by atoms with E-state index in [0.717, 1.165) is 0 Å². The van der Waals surface area contributed by atoms with Crippen molar-refractivity contribution in [3.05, 3.63) is 33.9 Å². The van der Waals surface area contributed by atoms with Gasteiger partial charge in [-0.25, -0.2) is 0 Å². The fourth-order valence-corrected chi connectivity index (χ4v) is 1.65. The number of nitro benzene ring substituents is 1. The van der Waals surface area contributed by atoms with E-state index in [-0.39, 0.29) is 24.4 Å². The zero-order chi connectivity index (χ0) is 14.4. The molecule has 0 saturated heterocycles. The van der Waals surface area contributed by atoms with Crippen LogP contribution in [0.4, 0.5) is 11.4 Å². The lowest BCUT2D eigenvalue weighted by Crippen LogP contribution is -2.33. The van der Waals surface area contributed by atoms with E-state index >= 15 is 0 Å². The van der Waals surface area contributed by atoms with Crippen LogP contribution in [0, 0.1) is 10.1 Å². The topological polar surface area (TPSA) is 122 Å². The van der Waals surface area contributed by atoms with Gasteiger partial charge in [0.15, 0.2) is 0 Å². The predicted octanol–water partition coefficient (Wildman–Crippen LogP) is 0.335. The van der Waals surface area contributed by atoms with Crippen LogP contribution in [0.1, 0.15) is 17.3 Å². The number of amides is 1. The standard InChI is InChI=1S/C11H16N4O4/c1-2-14(5-6-16)11(17)9-7-8(13-12)3-4-10(9)15(18)19/h3-4,7,13,16H,2,5-6,12H2,1H3. The zero-order valence-electron chi connectivity index (χ0n) is 10.5. The number of aliphatic hydroxyl groups excluding tert-OH is 1. The summed E-state index contributed by atoms with van der Waals surface area (Å²) in [5, 5.41) is 19.8. The lowest BCUT2D eigenvalue weighted by atomic mass is 10.1. The van der Waals surface area contributed by atoms with Crippen LogP contribution in [0.25, 0.3) is 0 Å². The monoisotopic (exact) mass is 268 g/mol. The molecule has 0 unspecified atom stereocenters. The number of carbonyl (C=O) groups is 1. The number of nitrogen functional groups attached to an aromatic ring is 1. The van der Waals surface area contributed by atoms with Crippen LogP contribution in [0.3, 0.4) is 0 Å². The first-order valence-corrected chi connectivity index (χ1v) is 5.70. The van der Waals surface area contributed by atoms with E-state index in [1.165, 1.54) is 23.1 Å². The third-order valence-electron chi connectivity index (χ3n) is 2.63. The van der Waals surface area contributed by atoms with E-state index in [4.69, 9.17) is 10.9 Å².